The first-order chi connectivity index (χ1) is 18.5. The molecule has 2 aromatic heterocycles. The van der Waals surface area contributed by atoms with Crippen LogP contribution in [0.3, 0.4) is 0 Å². The van der Waals surface area contributed by atoms with E-state index in [1.54, 1.807) is 0 Å². The standard InChI is InChI=1S/C17H21N3O4.C9H15N3O2/c1-3-22-16(23-4-2)15-18-10-14(11-19-15)20-17(21)24-12-13-8-6-5-7-9-13;1-3-13-9(14-4-2)8-11-5-7(10)6-12-8/h5-11,16H,3-4,12H2,1-2H3,(H,20,21);5-6,9H,3-4,10H2,1-2H3. The maximum atomic E-state index is 11.8. The van der Waals surface area contributed by atoms with Crippen molar-refractivity contribution in [1.29, 1.82) is 0 Å². The van der Waals surface area contributed by atoms with E-state index < -0.39 is 18.7 Å². The summed E-state index contributed by atoms with van der Waals surface area (Å²) in [6, 6.07) is 9.44. The molecule has 0 unspecified atom stereocenters. The molecule has 206 valence electrons. The Morgan fingerprint density at radius 2 is 1.21 bits per heavy atom. The van der Waals surface area contributed by atoms with Crippen molar-refractivity contribution in [2.24, 2.45) is 0 Å². The first-order valence-corrected chi connectivity index (χ1v) is 12.3. The first kappa shape index (κ1) is 30.5. The maximum absolute atomic E-state index is 11.8. The lowest BCUT2D eigenvalue weighted by molar-refractivity contribution is -0.145. The van der Waals surface area contributed by atoms with Gasteiger partial charge in [0.15, 0.2) is 11.6 Å². The van der Waals surface area contributed by atoms with E-state index in [1.165, 1.54) is 24.8 Å². The van der Waals surface area contributed by atoms with E-state index in [1.807, 2.05) is 58.0 Å². The topological polar surface area (TPSA) is 153 Å². The monoisotopic (exact) mass is 528 g/mol. The molecular weight excluding hydrogens is 492 g/mol. The fraction of sp³-hybridized carbons (Fsp3) is 0.423. The number of rotatable bonds is 13. The molecule has 0 bridgehead atoms. The van der Waals surface area contributed by atoms with Crippen LogP contribution in [0.2, 0.25) is 0 Å². The van der Waals surface area contributed by atoms with Crippen LogP contribution >= 0.6 is 0 Å². The molecule has 12 heteroatoms. The number of hydrogen-bond acceptors (Lipinski definition) is 11. The maximum Gasteiger partial charge on any atom is 0.412 e. The zero-order valence-corrected chi connectivity index (χ0v) is 22.2. The minimum absolute atomic E-state index is 0.197. The number of carbonyl (C=O) groups is 1. The minimum Gasteiger partial charge on any atom is -0.444 e. The molecule has 0 saturated carbocycles. The Morgan fingerprint density at radius 1 is 0.763 bits per heavy atom. The Kier molecular flexibility index (Phi) is 14.2. The van der Waals surface area contributed by atoms with Crippen molar-refractivity contribution in [3.63, 3.8) is 0 Å². The van der Waals surface area contributed by atoms with Gasteiger partial charge in [-0.2, -0.15) is 0 Å². The highest BCUT2D eigenvalue weighted by Crippen LogP contribution is 2.16. The van der Waals surface area contributed by atoms with Crippen LogP contribution in [0.4, 0.5) is 16.2 Å². The van der Waals surface area contributed by atoms with Crippen molar-refractivity contribution in [3.05, 3.63) is 72.3 Å². The lowest BCUT2D eigenvalue weighted by atomic mass is 10.2. The predicted octanol–water partition coefficient (Wildman–Crippen LogP) is 4.43. The molecule has 1 amide bonds. The highest BCUT2D eigenvalue weighted by Gasteiger charge is 2.15. The van der Waals surface area contributed by atoms with Gasteiger partial charge < -0.3 is 29.4 Å². The Labute approximate surface area is 222 Å². The Morgan fingerprint density at radius 3 is 1.66 bits per heavy atom. The van der Waals surface area contributed by atoms with Gasteiger partial charge in [0, 0.05) is 26.4 Å². The summed E-state index contributed by atoms with van der Waals surface area (Å²) < 4.78 is 26.6. The SMILES string of the molecule is CCOC(OCC)c1ncc(N)cn1.CCOC(OCC)c1ncc(NC(=O)OCc2ccccc2)cn1. The molecule has 12 nitrogen and oxygen atoms in total. The molecule has 1 aromatic carbocycles. The van der Waals surface area contributed by atoms with Crippen LogP contribution in [-0.2, 0) is 30.3 Å². The van der Waals surface area contributed by atoms with Gasteiger partial charge >= 0.3 is 6.09 Å². The van der Waals surface area contributed by atoms with Crippen LogP contribution in [0.25, 0.3) is 0 Å². The molecule has 0 aliphatic rings. The van der Waals surface area contributed by atoms with Crippen LogP contribution < -0.4 is 11.1 Å². The smallest absolute Gasteiger partial charge is 0.412 e. The molecule has 3 N–H and O–H groups in total. The van der Waals surface area contributed by atoms with Gasteiger partial charge in [-0.25, -0.2) is 24.7 Å². The highest BCUT2D eigenvalue weighted by molar-refractivity contribution is 5.84. The van der Waals surface area contributed by atoms with Crippen molar-refractivity contribution in [3.8, 4) is 0 Å². The molecule has 0 fully saturated rings. The molecule has 0 aliphatic heterocycles. The summed E-state index contributed by atoms with van der Waals surface area (Å²) in [4.78, 5) is 28.1. The van der Waals surface area contributed by atoms with Gasteiger partial charge in [0.1, 0.15) is 6.61 Å². The minimum atomic E-state index is -0.612. The third-order valence-electron chi connectivity index (χ3n) is 4.52. The normalized spacial score (nSPS) is 10.7. The zero-order chi connectivity index (χ0) is 27.6. The lowest BCUT2D eigenvalue weighted by Crippen LogP contribution is -2.16. The molecule has 0 spiro atoms. The summed E-state index contributed by atoms with van der Waals surface area (Å²) in [5.74, 6) is 0.907. The number of nitrogens with two attached hydrogens (primary N) is 1. The van der Waals surface area contributed by atoms with Crippen molar-refractivity contribution < 1.29 is 28.5 Å². The average Bonchev–Trinajstić information content (AvgIpc) is 2.94. The van der Waals surface area contributed by atoms with Crippen LogP contribution in [0, 0.1) is 0 Å². The first-order valence-electron chi connectivity index (χ1n) is 12.3. The number of hydrogen-bond donors (Lipinski definition) is 2. The Balaban J connectivity index is 0.000000308. The number of anilines is 2. The van der Waals surface area contributed by atoms with E-state index in [-0.39, 0.29) is 6.61 Å². The molecule has 3 aromatic rings. The van der Waals surface area contributed by atoms with E-state index in [4.69, 9.17) is 29.4 Å². The van der Waals surface area contributed by atoms with Crippen molar-refractivity contribution in [2.45, 2.75) is 46.9 Å². The number of benzene rings is 1. The van der Waals surface area contributed by atoms with Gasteiger partial charge in [0.2, 0.25) is 12.6 Å². The largest absolute Gasteiger partial charge is 0.444 e. The van der Waals surface area contributed by atoms with Gasteiger partial charge in [0.25, 0.3) is 0 Å². The van der Waals surface area contributed by atoms with Crippen LogP contribution in [0.15, 0.2) is 55.1 Å². The number of nitrogens with zero attached hydrogens (tertiary/aromatic N) is 4. The molecule has 0 radical (unpaired) electrons. The summed E-state index contributed by atoms with van der Waals surface area (Å²) >= 11 is 0. The Bertz CT molecular complexity index is 1030. The van der Waals surface area contributed by atoms with Gasteiger partial charge in [-0.1, -0.05) is 30.3 Å². The number of aromatic nitrogens is 4. The molecule has 0 saturated heterocycles. The number of nitrogens with one attached hydrogen (secondary N) is 1. The highest BCUT2D eigenvalue weighted by atomic mass is 16.7. The number of ether oxygens (including phenoxy) is 5. The number of nitrogen functional groups attached to an aromatic ring is 1. The second-order valence-corrected chi connectivity index (χ2v) is 7.38. The fourth-order valence-electron chi connectivity index (χ4n) is 2.87. The van der Waals surface area contributed by atoms with Crippen molar-refractivity contribution in [2.75, 3.05) is 37.5 Å². The summed E-state index contributed by atoms with van der Waals surface area (Å²) in [5.41, 5.74) is 7.34. The molecule has 38 heavy (non-hydrogen) atoms. The quantitative estimate of drug-likeness (QED) is 0.303. The Hall–Kier alpha value is -3.71. The van der Waals surface area contributed by atoms with E-state index in [0.717, 1.165) is 5.56 Å². The van der Waals surface area contributed by atoms with Crippen molar-refractivity contribution >= 4 is 17.5 Å². The van der Waals surface area contributed by atoms with Gasteiger partial charge in [0.05, 0.1) is 36.2 Å². The second-order valence-electron chi connectivity index (χ2n) is 7.38. The van der Waals surface area contributed by atoms with E-state index in [0.29, 0.717) is 49.5 Å². The molecular formula is C26H36N6O6. The molecule has 0 aliphatic carbocycles. The van der Waals surface area contributed by atoms with Gasteiger partial charge in [-0.15, -0.1) is 0 Å². The van der Waals surface area contributed by atoms with E-state index in [2.05, 4.69) is 25.3 Å². The third kappa shape index (κ3) is 11.1. The lowest BCUT2D eigenvalue weighted by Gasteiger charge is -2.15. The molecule has 0 atom stereocenters. The summed E-state index contributed by atoms with van der Waals surface area (Å²) in [6.07, 6.45) is 4.36. The van der Waals surface area contributed by atoms with E-state index >= 15 is 0 Å². The summed E-state index contributed by atoms with van der Waals surface area (Å²) in [5, 5.41) is 2.57. The van der Waals surface area contributed by atoms with Crippen LogP contribution in [0.1, 0.15) is 57.5 Å². The van der Waals surface area contributed by atoms with Crippen molar-refractivity contribution in [1.82, 2.24) is 19.9 Å². The second kappa shape index (κ2) is 17.7. The number of carbonyl (C=O) groups excluding carboxylic acids is 1. The summed E-state index contributed by atoms with van der Waals surface area (Å²) in [6.45, 7) is 9.79. The number of amides is 1. The van der Waals surface area contributed by atoms with Crippen LogP contribution in [-0.4, -0.2) is 52.5 Å². The average molecular weight is 529 g/mol. The van der Waals surface area contributed by atoms with Gasteiger partial charge in [-0.05, 0) is 33.3 Å². The molecule has 3 rings (SSSR count). The zero-order valence-electron chi connectivity index (χ0n) is 22.2. The van der Waals surface area contributed by atoms with E-state index in [9.17, 15) is 4.79 Å². The van der Waals surface area contributed by atoms with Crippen LogP contribution in [0.5, 0.6) is 0 Å². The predicted molar refractivity (Wildman–Crippen MR) is 141 cm³/mol. The third-order valence-corrected chi connectivity index (χ3v) is 4.52. The summed E-state index contributed by atoms with van der Waals surface area (Å²) in [7, 11) is 0. The molecule has 2 heterocycles. The fourth-order valence-corrected chi connectivity index (χ4v) is 2.87. The van der Waals surface area contributed by atoms with Gasteiger partial charge in [-0.3, -0.25) is 5.32 Å².